The highest BCUT2D eigenvalue weighted by molar-refractivity contribution is 9.09. The van der Waals surface area contributed by atoms with E-state index in [1.165, 1.54) is 0 Å². The van der Waals surface area contributed by atoms with E-state index in [1.807, 2.05) is 13.0 Å². The lowest BCUT2D eigenvalue weighted by atomic mass is 9.95. The number of hydrogen-bond acceptors (Lipinski definition) is 1. The van der Waals surface area contributed by atoms with Gasteiger partial charge >= 0.3 is 0 Å². The van der Waals surface area contributed by atoms with Crippen molar-refractivity contribution >= 4 is 33.4 Å². The number of aryl methyl sites for hydroxylation is 1. The van der Waals surface area contributed by atoms with E-state index >= 15 is 0 Å². The van der Waals surface area contributed by atoms with Crippen LogP contribution in [-0.2, 0) is 0 Å². The van der Waals surface area contributed by atoms with Gasteiger partial charge in [0, 0.05) is 21.5 Å². The molecule has 1 aromatic carbocycles. The predicted octanol–water partition coefficient (Wildman–Crippen LogP) is 4.33. The zero-order valence-electron chi connectivity index (χ0n) is 11.0. The topological polar surface area (TPSA) is 29.1 Å². The van der Waals surface area contributed by atoms with Gasteiger partial charge in [0.05, 0.1) is 0 Å². The van der Waals surface area contributed by atoms with Gasteiger partial charge < -0.3 is 5.32 Å². The van der Waals surface area contributed by atoms with Crippen molar-refractivity contribution in [3.63, 3.8) is 0 Å². The van der Waals surface area contributed by atoms with E-state index in [0.717, 1.165) is 23.7 Å². The number of carbonyl (C=O) groups excluding carboxylic acids is 1. The van der Waals surface area contributed by atoms with E-state index in [1.54, 1.807) is 12.1 Å². The molecule has 0 saturated carbocycles. The molecular formula is C14H19BrClNO. The van der Waals surface area contributed by atoms with Gasteiger partial charge in [-0.2, -0.15) is 0 Å². The zero-order chi connectivity index (χ0) is 13.8. The van der Waals surface area contributed by atoms with Crippen LogP contribution in [0.5, 0.6) is 0 Å². The van der Waals surface area contributed by atoms with E-state index in [2.05, 4.69) is 35.1 Å². The lowest BCUT2D eigenvalue weighted by Crippen LogP contribution is -2.45. The summed E-state index contributed by atoms with van der Waals surface area (Å²) < 4.78 is 0. The molecule has 1 rings (SSSR count). The highest BCUT2D eigenvalue weighted by Gasteiger charge is 2.24. The van der Waals surface area contributed by atoms with E-state index in [0.29, 0.717) is 10.6 Å². The van der Waals surface area contributed by atoms with Gasteiger partial charge in [-0.3, -0.25) is 4.79 Å². The molecule has 2 nitrogen and oxygen atoms in total. The average molecular weight is 333 g/mol. The Morgan fingerprint density at radius 3 is 2.67 bits per heavy atom. The molecule has 1 atom stereocenters. The molecule has 0 saturated heterocycles. The molecule has 1 N–H and O–H groups in total. The molecule has 4 heteroatoms. The monoisotopic (exact) mass is 331 g/mol. The summed E-state index contributed by atoms with van der Waals surface area (Å²) in [5, 5.41) is 4.65. The Hall–Kier alpha value is -0.540. The summed E-state index contributed by atoms with van der Waals surface area (Å²) in [6.07, 6.45) is 1.80. The average Bonchev–Trinajstić information content (AvgIpc) is 2.32. The van der Waals surface area contributed by atoms with Gasteiger partial charge in [0.2, 0.25) is 0 Å². The normalized spacial score (nSPS) is 14.1. The second-order valence-corrected chi connectivity index (χ2v) is 5.97. The van der Waals surface area contributed by atoms with Crippen LogP contribution in [0.3, 0.4) is 0 Å². The molecule has 0 aliphatic heterocycles. The van der Waals surface area contributed by atoms with Crippen molar-refractivity contribution in [1.82, 2.24) is 5.32 Å². The SMILES string of the molecule is CCC(C)(CCBr)NC(=O)c1ccc(Cl)c(C)c1. The van der Waals surface area contributed by atoms with Crippen molar-refractivity contribution in [3.8, 4) is 0 Å². The lowest BCUT2D eigenvalue weighted by molar-refractivity contribution is 0.0901. The fraction of sp³-hybridized carbons (Fsp3) is 0.500. The Balaban J connectivity index is 2.84. The third kappa shape index (κ3) is 3.99. The molecule has 0 aliphatic carbocycles. The number of amides is 1. The number of carbonyl (C=O) groups is 1. The van der Waals surface area contributed by atoms with Gasteiger partial charge in [0.15, 0.2) is 0 Å². The first-order valence-electron chi connectivity index (χ1n) is 6.06. The maximum absolute atomic E-state index is 12.2. The molecule has 0 radical (unpaired) electrons. The highest BCUT2D eigenvalue weighted by Crippen LogP contribution is 2.19. The Morgan fingerprint density at radius 1 is 1.50 bits per heavy atom. The summed E-state index contributed by atoms with van der Waals surface area (Å²) >= 11 is 9.38. The fourth-order valence-electron chi connectivity index (χ4n) is 1.67. The number of hydrogen-bond donors (Lipinski definition) is 1. The van der Waals surface area contributed by atoms with Crippen LogP contribution in [0.1, 0.15) is 42.6 Å². The van der Waals surface area contributed by atoms with Crippen molar-refractivity contribution < 1.29 is 4.79 Å². The fourth-order valence-corrected chi connectivity index (χ4v) is 2.66. The molecule has 0 aliphatic rings. The molecule has 0 fully saturated rings. The summed E-state index contributed by atoms with van der Waals surface area (Å²) in [5.74, 6) is -0.0416. The predicted molar refractivity (Wildman–Crippen MR) is 80.8 cm³/mol. The third-order valence-corrected chi connectivity index (χ3v) is 4.08. The van der Waals surface area contributed by atoms with Crippen molar-refractivity contribution in [2.24, 2.45) is 0 Å². The summed E-state index contributed by atoms with van der Waals surface area (Å²) in [6, 6.07) is 5.34. The molecular weight excluding hydrogens is 314 g/mol. The quantitative estimate of drug-likeness (QED) is 0.799. The van der Waals surface area contributed by atoms with Crippen LogP contribution in [-0.4, -0.2) is 16.8 Å². The van der Waals surface area contributed by atoms with Crippen molar-refractivity contribution in [1.29, 1.82) is 0 Å². The van der Waals surface area contributed by atoms with Gasteiger partial charge in [-0.15, -0.1) is 0 Å². The molecule has 0 spiro atoms. The third-order valence-electron chi connectivity index (χ3n) is 3.26. The van der Waals surface area contributed by atoms with Crippen LogP contribution in [0.4, 0.5) is 0 Å². The maximum atomic E-state index is 12.2. The van der Waals surface area contributed by atoms with E-state index in [-0.39, 0.29) is 11.4 Å². The number of alkyl halides is 1. The first-order valence-corrected chi connectivity index (χ1v) is 7.56. The molecule has 18 heavy (non-hydrogen) atoms. The number of halogens is 2. The van der Waals surface area contributed by atoms with Gasteiger partial charge in [-0.05, 0) is 50.5 Å². The van der Waals surface area contributed by atoms with Crippen LogP contribution < -0.4 is 5.32 Å². The highest BCUT2D eigenvalue weighted by atomic mass is 79.9. The Bertz CT molecular complexity index is 436. The van der Waals surface area contributed by atoms with E-state index in [9.17, 15) is 4.79 Å². The van der Waals surface area contributed by atoms with Gasteiger partial charge in [0.25, 0.3) is 5.91 Å². The molecule has 1 amide bonds. The van der Waals surface area contributed by atoms with Crippen molar-refractivity contribution in [2.75, 3.05) is 5.33 Å². The molecule has 0 bridgehead atoms. The minimum atomic E-state index is -0.172. The van der Waals surface area contributed by atoms with Gasteiger partial charge in [-0.25, -0.2) is 0 Å². The molecule has 1 unspecified atom stereocenters. The second kappa shape index (κ2) is 6.58. The standard InChI is InChI=1S/C14H19BrClNO/c1-4-14(3,7-8-15)17-13(18)11-5-6-12(16)10(2)9-11/h5-6,9H,4,7-8H2,1-3H3,(H,17,18). The first kappa shape index (κ1) is 15.5. The van der Waals surface area contributed by atoms with Crippen LogP contribution in [0.15, 0.2) is 18.2 Å². The lowest BCUT2D eigenvalue weighted by Gasteiger charge is -2.29. The van der Waals surface area contributed by atoms with Crippen LogP contribution in [0, 0.1) is 6.92 Å². The smallest absolute Gasteiger partial charge is 0.251 e. The summed E-state index contributed by atoms with van der Waals surface area (Å²) in [5.41, 5.74) is 1.41. The zero-order valence-corrected chi connectivity index (χ0v) is 13.4. The van der Waals surface area contributed by atoms with E-state index < -0.39 is 0 Å². The van der Waals surface area contributed by atoms with Crippen molar-refractivity contribution in [3.05, 3.63) is 34.3 Å². The Kier molecular flexibility index (Phi) is 5.67. The largest absolute Gasteiger partial charge is 0.347 e. The van der Waals surface area contributed by atoms with Crippen LogP contribution in [0.2, 0.25) is 5.02 Å². The molecule has 100 valence electrons. The second-order valence-electron chi connectivity index (χ2n) is 4.77. The van der Waals surface area contributed by atoms with Crippen molar-refractivity contribution in [2.45, 2.75) is 39.2 Å². The Labute approximate surface area is 122 Å². The van der Waals surface area contributed by atoms with E-state index in [4.69, 9.17) is 11.6 Å². The number of rotatable bonds is 5. The Morgan fingerprint density at radius 2 is 2.17 bits per heavy atom. The van der Waals surface area contributed by atoms with Gasteiger partial charge in [-0.1, -0.05) is 34.5 Å². The molecule has 0 aromatic heterocycles. The van der Waals surface area contributed by atoms with Gasteiger partial charge in [0.1, 0.15) is 0 Å². The molecule has 0 heterocycles. The maximum Gasteiger partial charge on any atom is 0.251 e. The van der Waals surface area contributed by atoms with Crippen LogP contribution in [0.25, 0.3) is 0 Å². The van der Waals surface area contributed by atoms with Crippen LogP contribution >= 0.6 is 27.5 Å². The summed E-state index contributed by atoms with van der Waals surface area (Å²) in [7, 11) is 0. The molecule has 1 aromatic rings. The first-order chi connectivity index (χ1) is 8.41. The number of benzene rings is 1. The number of nitrogens with one attached hydrogen (secondary N) is 1. The summed E-state index contributed by atoms with van der Waals surface area (Å²) in [6.45, 7) is 6.04. The minimum absolute atomic E-state index is 0.0416. The summed E-state index contributed by atoms with van der Waals surface area (Å²) in [4.78, 5) is 12.2. The minimum Gasteiger partial charge on any atom is -0.347 e.